The third-order valence-corrected chi connectivity index (χ3v) is 3.10. The fraction of sp³-hybridized carbons (Fsp3) is 0.118. The van der Waals surface area contributed by atoms with E-state index in [2.05, 4.69) is 5.32 Å². The van der Waals surface area contributed by atoms with E-state index in [9.17, 15) is 23.7 Å². The molecular weight excluding hydrogens is 334 g/mol. The fourth-order valence-corrected chi connectivity index (χ4v) is 2.03. The zero-order chi connectivity index (χ0) is 18.4. The van der Waals surface area contributed by atoms with Gasteiger partial charge in [0.05, 0.1) is 28.8 Å². The number of carbonyl (C=O) groups excluding carboxylic acids is 1. The first kappa shape index (κ1) is 18.1. The molecule has 0 unspecified atom stereocenters. The second-order valence-corrected chi connectivity index (χ2v) is 4.86. The van der Waals surface area contributed by atoms with E-state index in [1.807, 2.05) is 0 Å². The summed E-state index contributed by atoms with van der Waals surface area (Å²) in [6.45, 7) is 1.99. The minimum Gasteiger partial charge on any atom is -0.492 e. The fourth-order valence-electron chi connectivity index (χ4n) is 2.03. The number of nitro groups is 1. The number of nitro benzene ring substituents is 1. The lowest BCUT2D eigenvalue weighted by molar-refractivity contribution is -0.385. The van der Waals surface area contributed by atoms with Gasteiger partial charge in [0.1, 0.15) is 17.4 Å². The predicted molar refractivity (Wildman–Crippen MR) is 88.3 cm³/mol. The Morgan fingerprint density at radius 3 is 2.60 bits per heavy atom. The summed E-state index contributed by atoms with van der Waals surface area (Å²) in [6.07, 6.45) is 2.25. The first-order chi connectivity index (χ1) is 11.9. The van der Waals surface area contributed by atoms with Crippen molar-refractivity contribution in [1.29, 1.82) is 0 Å². The van der Waals surface area contributed by atoms with Crippen LogP contribution in [0.3, 0.4) is 0 Å². The van der Waals surface area contributed by atoms with Crippen LogP contribution < -0.4 is 10.1 Å². The standard InChI is InChI=1S/C17H14F2N2O4/c1-2-25-16-10-13(19)6-7-14(16)20-17(22)8-4-11-3-5-12(18)9-15(11)21(23)24/h3-10H,2H2,1H3,(H,20,22). The molecule has 130 valence electrons. The molecule has 0 fully saturated rings. The molecule has 0 aromatic heterocycles. The van der Waals surface area contributed by atoms with Crippen molar-refractivity contribution in [3.8, 4) is 5.75 Å². The predicted octanol–water partition coefficient (Wildman–Crippen LogP) is 3.92. The molecule has 0 aliphatic heterocycles. The summed E-state index contributed by atoms with van der Waals surface area (Å²) < 4.78 is 31.6. The molecule has 8 heteroatoms. The number of anilines is 1. The Morgan fingerprint density at radius 1 is 1.24 bits per heavy atom. The highest BCUT2D eigenvalue weighted by Crippen LogP contribution is 2.26. The third kappa shape index (κ3) is 4.84. The molecule has 0 spiro atoms. The Morgan fingerprint density at radius 2 is 1.92 bits per heavy atom. The molecular formula is C17H14F2N2O4. The number of hydrogen-bond acceptors (Lipinski definition) is 4. The Hall–Kier alpha value is -3.29. The van der Waals surface area contributed by atoms with E-state index in [1.54, 1.807) is 6.92 Å². The van der Waals surface area contributed by atoms with Crippen molar-refractivity contribution >= 4 is 23.4 Å². The maximum atomic E-state index is 13.2. The van der Waals surface area contributed by atoms with Crippen LogP contribution in [0.25, 0.3) is 6.08 Å². The molecule has 1 amide bonds. The zero-order valence-corrected chi connectivity index (χ0v) is 13.2. The van der Waals surface area contributed by atoms with Gasteiger partial charge in [-0.15, -0.1) is 0 Å². The van der Waals surface area contributed by atoms with Crippen LogP contribution >= 0.6 is 0 Å². The average molecular weight is 348 g/mol. The van der Waals surface area contributed by atoms with Crippen molar-refractivity contribution < 1.29 is 23.2 Å². The molecule has 25 heavy (non-hydrogen) atoms. The number of halogens is 2. The summed E-state index contributed by atoms with van der Waals surface area (Å²) in [4.78, 5) is 22.2. The Bertz CT molecular complexity index is 837. The normalized spacial score (nSPS) is 10.7. The number of nitrogens with zero attached hydrogens (tertiary/aromatic N) is 1. The largest absolute Gasteiger partial charge is 0.492 e. The molecule has 0 bridgehead atoms. The van der Waals surface area contributed by atoms with Gasteiger partial charge in [-0.2, -0.15) is 0 Å². The third-order valence-electron chi connectivity index (χ3n) is 3.10. The van der Waals surface area contributed by atoms with Crippen molar-refractivity contribution in [2.75, 3.05) is 11.9 Å². The average Bonchev–Trinajstić information content (AvgIpc) is 2.56. The van der Waals surface area contributed by atoms with E-state index >= 15 is 0 Å². The number of rotatable bonds is 6. The number of hydrogen-bond donors (Lipinski definition) is 1. The summed E-state index contributed by atoms with van der Waals surface area (Å²) in [7, 11) is 0. The molecule has 0 heterocycles. The molecule has 0 saturated heterocycles. The number of benzene rings is 2. The van der Waals surface area contributed by atoms with Crippen LogP contribution in [0.15, 0.2) is 42.5 Å². The van der Waals surface area contributed by atoms with Gasteiger partial charge in [-0.05, 0) is 37.3 Å². The molecule has 2 aromatic carbocycles. The molecule has 1 N–H and O–H groups in total. The Balaban J connectivity index is 2.18. The van der Waals surface area contributed by atoms with E-state index in [0.29, 0.717) is 0 Å². The second kappa shape index (κ2) is 8.00. The minimum atomic E-state index is -0.749. The van der Waals surface area contributed by atoms with E-state index in [1.165, 1.54) is 18.2 Å². The van der Waals surface area contributed by atoms with Gasteiger partial charge in [0, 0.05) is 12.1 Å². The lowest BCUT2D eigenvalue weighted by Gasteiger charge is -2.10. The van der Waals surface area contributed by atoms with Crippen LogP contribution in [0.2, 0.25) is 0 Å². The monoisotopic (exact) mass is 348 g/mol. The lowest BCUT2D eigenvalue weighted by Crippen LogP contribution is -2.09. The van der Waals surface area contributed by atoms with Crippen LogP contribution in [0.5, 0.6) is 5.75 Å². The lowest BCUT2D eigenvalue weighted by atomic mass is 10.1. The molecule has 0 atom stereocenters. The van der Waals surface area contributed by atoms with Crippen LogP contribution in [-0.2, 0) is 4.79 Å². The number of amides is 1. The Kier molecular flexibility index (Phi) is 5.78. The highest BCUT2D eigenvalue weighted by molar-refractivity contribution is 6.03. The van der Waals surface area contributed by atoms with Gasteiger partial charge < -0.3 is 10.1 Å². The molecule has 2 rings (SSSR count). The summed E-state index contributed by atoms with van der Waals surface area (Å²) >= 11 is 0. The van der Waals surface area contributed by atoms with Gasteiger partial charge >= 0.3 is 0 Å². The van der Waals surface area contributed by atoms with Crippen LogP contribution in [-0.4, -0.2) is 17.4 Å². The number of nitrogens with one attached hydrogen (secondary N) is 1. The van der Waals surface area contributed by atoms with E-state index in [-0.39, 0.29) is 23.6 Å². The summed E-state index contributed by atoms with van der Waals surface area (Å²) in [6, 6.07) is 6.65. The SMILES string of the molecule is CCOc1cc(F)ccc1NC(=O)C=Cc1ccc(F)cc1[N+](=O)[O-]. The smallest absolute Gasteiger partial charge is 0.279 e. The highest BCUT2D eigenvalue weighted by atomic mass is 19.1. The van der Waals surface area contributed by atoms with Crippen molar-refractivity contribution in [3.05, 3.63) is 69.8 Å². The highest BCUT2D eigenvalue weighted by Gasteiger charge is 2.13. The molecule has 0 aliphatic carbocycles. The van der Waals surface area contributed by atoms with Crippen LogP contribution in [0.4, 0.5) is 20.2 Å². The van der Waals surface area contributed by atoms with Crippen molar-refractivity contribution in [2.45, 2.75) is 6.92 Å². The minimum absolute atomic E-state index is 0.0747. The molecule has 0 radical (unpaired) electrons. The van der Waals surface area contributed by atoms with Gasteiger partial charge in [-0.25, -0.2) is 8.78 Å². The number of ether oxygens (including phenoxy) is 1. The van der Waals surface area contributed by atoms with Gasteiger partial charge in [0.2, 0.25) is 5.91 Å². The maximum absolute atomic E-state index is 13.2. The quantitative estimate of drug-likeness (QED) is 0.487. The molecule has 0 saturated carbocycles. The molecule has 6 nitrogen and oxygen atoms in total. The molecule has 0 aliphatic rings. The van der Waals surface area contributed by atoms with Crippen LogP contribution in [0, 0.1) is 21.7 Å². The van der Waals surface area contributed by atoms with Crippen molar-refractivity contribution in [2.24, 2.45) is 0 Å². The van der Waals surface area contributed by atoms with E-state index < -0.39 is 28.2 Å². The van der Waals surface area contributed by atoms with Gasteiger partial charge in [0.15, 0.2) is 0 Å². The molecule has 2 aromatic rings. The zero-order valence-electron chi connectivity index (χ0n) is 13.2. The van der Waals surface area contributed by atoms with Crippen LogP contribution in [0.1, 0.15) is 12.5 Å². The first-order valence-corrected chi connectivity index (χ1v) is 7.26. The summed E-state index contributed by atoms with van der Waals surface area (Å²) in [5.41, 5.74) is -0.127. The van der Waals surface area contributed by atoms with Gasteiger partial charge in [-0.3, -0.25) is 14.9 Å². The second-order valence-electron chi connectivity index (χ2n) is 4.86. The van der Waals surface area contributed by atoms with E-state index in [4.69, 9.17) is 4.74 Å². The van der Waals surface area contributed by atoms with E-state index in [0.717, 1.165) is 30.3 Å². The van der Waals surface area contributed by atoms with Crippen molar-refractivity contribution in [1.82, 2.24) is 0 Å². The van der Waals surface area contributed by atoms with Crippen molar-refractivity contribution in [3.63, 3.8) is 0 Å². The van der Waals surface area contributed by atoms with Gasteiger partial charge in [-0.1, -0.05) is 0 Å². The summed E-state index contributed by atoms with van der Waals surface area (Å²) in [5.74, 6) is -1.71. The topological polar surface area (TPSA) is 81.5 Å². The maximum Gasteiger partial charge on any atom is 0.279 e. The van der Waals surface area contributed by atoms with Gasteiger partial charge in [0.25, 0.3) is 5.69 Å². The number of carbonyl (C=O) groups is 1. The first-order valence-electron chi connectivity index (χ1n) is 7.26. The summed E-state index contributed by atoms with van der Waals surface area (Å²) in [5, 5.41) is 13.4. The Labute approximate surface area is 141 Å².